The monoisotopic (exact) mass is 137 g/mol. The molecule has 1 rings (SSSR count). The van der Waals surface area contributed by atoms with Gasteiger partial charge in [0, 0.05) is 19.3 Å². The second kappa shape index (κ2) is 2.96. The van der Waals surface area contributed by atoms with Crippen molar-refractivity contribution in [3.63, 3.8) is 0 Å². The van der Waals surface area contributed by atoms with E-state index in [2.05, 4.69) is 4.98 Å². The third-order valence-electron chi connectivity index (χ3n) is 0.911. The molecule has 1 aromatic heterocycles. The molecule has 3 heteroatoms. The van der Waals surface area contributed by atoms with Crippen LogP contribution in [0.3, 0.4) is 0 Å². The van der Waals surface area contributed by atoms with Gasteiger partial charge in [-0.3, -0.25) is 9.78 Å². The van der Waals surface area contributed by atoms with Crippen LogP contribution in [0.4, 0.5) is 0 Å². The van der Waals surface area contributed by atoms with Gasteiger partial charge in [-0.05, 0) is 12.1 Å². The Morgan fingerprint density at radius 1 is 1.50 bits per heavy atom. The van der Waals surface area contributed by atoms with Crippen molar-refractivity contribution >= 4 is 5.97 Å². The SMILES string of the molecule is CC(=O)Oc1ccncc1. The number of carbonyl (C=O) groups is 1. The minimum Gasteiger partial charge on any atom is -0.427 e. The van der Waals surface area contributed by atoms with Gasteiger partial charge in [-0.1, -0.05) is 0 Å². The van der Waals surface area contributed by atoms with E-state index in [1.54, 1.807) is 24.5 Å². The molecule has 0 unspecified atom stereocenters. The smallest absolute Gasteiger partial charge is 0.308 e. The zero-order valence-electron chi connectivity index (χ0n) is 5.57. The molecule has 10 heavy (non-hydrogen) atoms. The van der Waals surface area contributed by atoms with Gasteiger partial charge in [0.2, 0.25) is 0 Å². The van der Waals surface area contributed by atoms with Crippen LogP contribution in [0, 0.1) is 0 Å². The minimum atomic E-state index is -0.314. The molecule has 52 valence electrons. The number of ether oxygens (including phenoxy) is 1. The number of esters is 1. The number of carbonyl (C=O) groups excluding carboxylic acids is 1. The Morgan fingerprint density at radius 3 is 2.60 bits per heavy atom. The van der Waals surface area contributed by atoms with Crippen LogP contribution in [0.2, 0.25) is 0 Å². The highest BCUT2D eigenvalue weighted by atomic mass is 16.5. The van der Waals surface area contributed by atoms with Crippen LogP contribution in [0.15, 0.2) is 24.5 Å². The summed E-state index contributed by atoms with van der Waals surface area (Å²) in [6.07, 6.45) is 3.14. The zero-order chi connectivity index (χ0) is 7.40. The summed E-state index contributed by atoms with van der Waals surface area (Å²) in [5.41, 5.74) is 0. The van der Waals surface area contributed by atoms with Gasteiger partial charge in [0.25, 0.3) is 0 Å². The van der Waals surface area contributed by atoms with Crippen molar-refractivity contribution in [3.8, 4) is 5.75 Å². The van der Waals surface area contributed by atoms with Crippen LogP contribution in [-0.2, 0) is 4.79 Å². The summed E-state index contributed by atoms with van der Waals surface area (Å²) in [6, 6.07) is 3.25. The maximum Gasteiger partial charge on any atom is 0.308 e. The van der Waals surface area contributed by atoms with Gasteiger partial charge in [0.05, 0.1) is 0 Å². The number of pyridine rings is 1. The Morgan fingerprint density at radius 2 is 2.10 bits per heavy atom. The molecule has 0 N–H and O–H groups in total. The van der Waals surface area contributed by atoms with Crippen LogP contribution in [0.1, 0.15) is 6.92 Å². The van der Waals surface area contributed by atoms with E-state index in [0.717, 1.165) is 0 Å². The fourth-order valence-corrected chi connectivity index (χ4v) is 0.572. The van der Waals surface area contributed by atoms with E-state index in [1.165, 1.54) is 6.92 Å². The molecule has 0 atom stereocenters. The molecular weight excluding hydrogens is 130 g/mol. The lowest BCUT2D eigenvalue weighted by molar-refractivity contribution is -0.131. The Balaban J connectivity index is 2.67. The van der Waals surface area contributed by atoms with Crippen LogP contribution in [-0.4, -0.2) is 11.0 Å². The molecule has 0 aromatic carbocycles. The molecule has 0 fully saturated rings. The van der Waals surface area contributed by atoms with Gasteiger partial charge < -0.3 is 4.74 Å². The van der Waals surface area contributed by atoms with Gasteiger partial charge in [0.15, 0.2) is 0 Å². The van der Waals surface area contributed by atoms with Crippen molar-refractivity contribution in [2.45, 2.75) is 6.92 Å². The molecule has 0 bridgehead atoms. The normalized spacial score (nSPS) is 8.90. The second-order valence-electron chi connectivity index (χ2n) is 1.78. The third kappa shape index (κ3) is 1.85. The molecule has 1 heterocycles. The quantitative estimate of drug-likeness (QED) is 0.542. The highest BCUT2D eigenvalue weighted by Crippen LogP contribution is 2.05. The lowest BCUT2D eigenvalue weighted by atomic mass is 10.4. The number of rotatable bonds is 1. The van der Waals surface area contributed by atoms with Crippen molar-refractivity contribution < 1.29 is 9.53 Å². The van der Waals surface area contributed by atoms with E-state index >= 15 is 0 Å². The first kappa shape index (κ1) is 6.74. The van der Waals surface area contributed by atoms with Gasteiger partial charge in [0.1, 0.15) is 5.75 Å². The van der Waals surface area contributed by atoms with Crippen molar-refractivity contribution in [2.24, 2.45) is 0 Å². The number of hydrogen-bond donors (Lipinski definition) is 0. The van der Waals surface area contributed by atoms with Crippen molar-refractivity contribution in [1.82, 2.24) is 4.98 Å². The average molecular weight is 137 g/mol. The largest absolute Gasteiger partial charge is 0.427 e. The molecule has 0 aliphatic carbocycles. The van der Waals surface area contributed by atoms with Crippen molar-refractivity contribution in [3.05, 3.63) is 24.5 Å². The molecule has 0 aliphatic rings. The lowest BCUT2D eigenvalue weighted by Crippen LogP contribution is -2.00. The van der Waals surface area contributed by atoms with Gasteiger partial charge in [-0.25, -0.2) is 0 Å². The summed E-state index contributed by atoms with van der Waals surface area (Å²) in [5, 5.41) is 0. The number of hydrogen-bond acceptors (Lipinski definition) is 3. The van der Waals surface area contributed by atoms with Crippen LogP contribution in [0.25, 0.3) is 0 Å². The molecule has 0 radical (unpaired) electrons. The molecule has 1 aromatic rings. The summed E-state index contributed by atoms with van der Waals surface area (Å²) in [4.78, 5) is 14.1. The average Bonchev–Trinajstić information content (AvgIpc) is 1.88. The predicted molar refractivity (Wildman–Crippen MR) is 35.5 cm³/mol. The number of aromatic nitrogens is 1. The summed E-state index contributed by atoms with van der Waals surface area (Å²) in [5.74, 6) is 0.216. The number of nitrogens with zero attached hydrogens (tertiary/aromatic N) is 1. The summed E-state index contributed by atoms with van der Waals surface area (Å²) in [7, 11) is 0. The zero-order valence-corrected chi connectivity index (χ0v) is 5.57. The van der Waals surface area contributed by atoms with E-state index in [4.69, 9.17) is 4.74 Å². The topological polar surface area (TPSA) is 39.2 Å². The van der Waals surface area contributed by atoms with Crippen LogP contribution in [0.5, 0.6) is 5.75 Å². The Labute approximate surface area is 58.7 Å². The maximum absolute atomic E-state index is 10.4. The van der Waals surface area contributed by atoms with Gasteiger partial charge in [-0.15, -0.1) is 0 Å². The molecule has 0 spiro atoms. The molecule has 0 saturated carbocycles. The van der Waals surface area contributed by atoms with Crippen molar-refractivity contribution in [2.75, 3.05) is 0 Å². The third-order valence-corrected chi connectivity index (χ3v) is 0.911. The Bertz CT molecular complexity index is 220. The van der Waals surface area contributed by atoms with E-state index in [-0.39, 0.29) is 5.97 Å². The summed E-state index contributed by atoms with van der Waals surface area (Å²) < 4.78 is 4.74. The van der Waals surface area contributed by atoms with Crippen LogP contribution < -0.4 is 4.74 Å². The first-order chi connectivity index (χ1) is 4.79. The summed E-state index contributed by atoms with van der Waals surface area (Å²) >= 11 is 0. The molecule has 0 amide bonds. The highest BCUT2D eigenvalue weighted by molar-refractivity contribution is 5.69. The summed E-state index contributed by atoms with van der Waals surface area (Å²) in [6.45, 7) is 1.36. The Hall–Kier alpha value is -1.38. The first-order valence-corrected chi connectivity index (χ1v) is 2.87. The second-order valence-corrected chi connectivity index (χ2v) is 1.78. The van der Waals surface area contributed by atoms with Gasteiger partial charge in [-0.2, -0.15) is 0 Å². The van der Waals surface area contributed by atoms with Crippen LogP contribution >= 0.6 is 0 Å². The van der Waals surface area contributed by atoms with E-state index in [1.807, 2.05) is 0 Å². The molecule has 3 nitrogen and oxygen atoms in total. The predicted octanol–water partition coefficient (Wildman–Crippen LogP) is 1.01. The molecule has 0 saturated heterocycles. The van der Waals surface area contributed by atoms with E-state index < -0.39 is 0 Å². The standard InChI is InChI=1S/C7H7NO2/c1-6(9)10-7-2-4-8-5-3-7/h2-5H,1H3. The van der Waals surface area contributed by atoms with Crippen molar-refractivity contribution in [1.29, 1.82) is 0 Å². The maximum atomic E-state index is 10.4. The first-order valence-electron chi connectivity index (χ1n) is 2.87. The highest BCUT2D eigenvalue weighted by Gasteiger charge is 1.93. The van der Waals surface area contributed by atoms with Gasteiger partial charge >= 0.3 is 5.97 Å². The lowest BCUT2D eigenvalue weighted by Gasteiger charge is -1.96. The molecular formula is C7H7NO2. The fraction of sp³-hybridized carbons (Fsp3) is 0.143. The van der Waals surface area contributed by atoms with E-state index in [0.29, 0.717) is 5.75 Å². The van der Waals surface area contributed by atoms with E-state index in [9.17, 15) is 4.79 Å². The molecule has 0 aliphatic heterocycles. The Kier molecular flexibility index (Phi) is 1.99. The fourth-order valence-electron chi connectivity index (χ4n) is 0.572. The minimum absolute atomic E-state index is 0.314.